The van der Waals surface area contributed by atoms with Gasteiger partial charge in [0, 0.05) is 16.6 Å². The van der Waals surface area contributed by atoms with Crippen LogP contribution in [0.4, 0.5) is 5.69 Å². The Kier molecular flexibility index (Phi) is 4.44. The summed E-state index contributed by atoms with van der Waals surface area (Å²) in [5.74, 6) is -0.215. The summed E-state index contributed by atoms with van der Waals surface area (Å²) in [4.78, 5) is 28.3. The number of amides is 2. The number of carbonyl (C=O) groups is 2. The second-order valence-electron chi connectivity index (χ2n) is 5.89. The molecule has 0 unspecified atom stereocenters. The number of carbonyl (C=O) groups excluding carboxylic acids is 2. The number of hydrogen-bond acceptors (Lipinski definition) is 4. The molecule has 26 heavy (non-hydrogen) atoms. The third kappa shape index (κ3) is 3.34. The molecule has 1 aliphatic rings. The van der Waals surface area contributed by atoms with Gasteiger partial charge in [-0.1, -0.05) is 29.8 Å². The molecule has 0 saturated heterocycles. The highest BCUT2D eigenvalue weighted by Crippen LogP contribution is 2.29. The van der Waals surface area contributed by atoms with Crippen molar-refractivity contribution in [3.05, 3.63) is 69.0 Å². The van der Waals surface area contributed by atoms with Crippen molar-refractivity contribution in [1.29, 1.82) is 0 Å². The van der Waals surface area contributed by atoms with Gasteiger partial charge < -0.3 is 10.6 Å². The van der Waals surface area contributed by atoms with Crippen LogP contribution >= 0.6 is 22.9 Å². The third-order valence-electron chi connectivity index (χ3n) is 4.10. The van der Waals surface area contributed by atoms with Gasteiger partial charge in [-0.25, -0.2) is 4.98 Å². The molecule has 0 fully saturated rings. The summed E-state index contributed by atoms with van der Waals surface area (Å²) in [5.41, 5.74) is 4.08. The molecule has 1 aliphatic heterocycles. The number of thiazole rings is 1. The Labute approximate surface area is 159 Å². The number of nitrogens with zero attached hydrogens (tertiary/aromatic N) is 1. The fraction of sp³-hybridized carbons (Fsp3) is 0.105. The Morgan fingerprint density at radius 1 is 1.27 bits per heavy atom. The van der Waals surface area contributed by atoms with E-state index >= 15 is 0 Å². The normalized spacial score (nSPS) is 12.6. The summed E-state index contributed by atoms with van der Waals surface area (Å²) in [6.07, 6.45) is 0.397. The van der Waals surface area contributed by atoms with Gasteiger partial charge in [-0.15, -0.1) is 11.3 Å². The lowest BCUT2D eigenvalue weighted by atomic mass is 10.1. The first-order valence-corrected chi connectivity index (χ1v) is 9.26. The standard InChI is InChI=1S/C19H14ClN3O2S/c20-14-4-2-1-3-13(14)19(25)21-9-18-23-16(10-26-18)11-5-6-15-12(7-11)8-17(24)22-15/h1-7,10H,8-9H2,(H,21,25)(H,22,24). The summed E-state index contributed by atoms with van der Waals surface area (Å²) in [6, 6.07) is 12.7. The molecule has 0 radical (unpaired) electrons. The van der Waals surface area contributed by atoms with E-state index in [4.69, 9.17) is 11.6 Å². The second kappa shape index (κ2) is 6.90. The van der Waals surface area contributed by atoms with E-state index in [1.807, 2.05) is 23.6 Å². The van der Waals surface area contributed by atoms with Gasteiger partial charge in [0.15, 0.2) is 0 Å². The number of halogens is 1. The average molecular weight is 384 g/mol. The van der Waals surface area contributed by atoms with E-state index in [-0.39, 0.29) is 11.8 Å². The maximum absolute atomic E-state index is 12.2. The van der Waals surface area contributed by atoms with E-state index in [1.165, 1.54) is 11.3 Å². The predicted molar refractivity (Wildman–Crippen MR) is 103 cm³/mol. The summed E-state index contributed by atoms with van der Waals surface area (Å²) in [6.45, 7) is 0.333. The molecule has 2 N–H and O–H groups in total. The number of nitrogens with one attached hydrogen (secondary N) is 2. The predicted octanol–water partition coefficient (Wildman–Crippen LogP) is 3.89. The van der Waals surface area contributed by atoms with E-state index in [0.29, 0.717) is 23.6 Å². The van der Waals surface area contributed by atoms with Crippen molar-refractivity contribution in [3.8, 4) is 11.3 Å². The number of fused-ring (bicyclic) bond motifs is 1. The zero-order valence-corrected chi connectivity index (χ0v) is 15.2. The molecular formula is C19H14ClN3O2S. The minimum atomic E-state index is -0.227. The number of rotatable bonds is 4. The molecule has 0 bridgehead atoms. The van der Waals surface area contributed by atoms with Gasteiger partial charge in [-0.2, -0.15) is 0 Å². The molecule has 2 heterocycles. The Balaban J connectivity index is 1.46. The van der Waals surface area contributed by atoms with E-state index in [9.17, 15) is 9.59 Å². The topological polar surface area (TPSA) is 71.1 Å². The monoisotopic (exact) mass is 383 g/mol. The molecule has 0 atom stereocenters. The lowest BCUT2D eigenvalue weighted by Crippen LogP contribution is -2.22. The van der Waals surface area contributed by atoms with Crippen molar-refractivity contribution in [1.82, 2.24) is 10.3 Å². The van der Waals surface area contributed by atoms with E-state index in [0.717, 1.165) is 27.5 Å². The van der Waals surface area contributed by atoms with Gasteiger partial charge in [0.2, 0.25) is 5.91 Å². The summed E-state index contributed by atoms with van der Waals surface area (Å²) >= 11 is 7.52. The Morgan fingerprint density at radius 2 is 2.12 bits per heavy atom. The highest BCUT2D eigenvalue weighted by molar-refractivity contribution is 7.09. The van der Waals surface area contributed by atoms with Crippen molar-refractivity contribution in [2.45, 2.75) is 13.0 Å². The van der Waals surface area contributed by atoms with Crippen LogP contribution < -0.4 is 10.6 Å². The van der Waals surface area contributed by atoms with Crippen LogP contribution in [0.25, 0.3) is 11.3 Å². The van der Waals surface area contributed by atoms with Crippen molar-refractivity contribution >= 4 is 40.4 Å². The quantitative estimate of drug-likeness (QED) is 0.718. The molecule has 7 heteroatoms. The Hall–Kier alpha value is -2.70. The molecule has 3 aromatic rings. The number of hydrogen-bond donors (Lipinski definition) is 2. The van der Waals surface area contributed by atoms with Gasteiger partial charge >= 0.3 is 0 Å². The molecule has 2 aromatic carbocycles. The maximum atomic E-state index is 12.2. The van der Waals surface area contributed by atoms with Crippen LogP contribution in [0, 0.1) is 0 Å². The minimum absolute atomic E-state index is 0.0124. The Bertz CT molecular complexity index is 1020. The second-order valence-corrected chi connectivity index (χ2v) is 7.24. The molecule has 4 rings (SSSR count). The van der Waals surface area contributed by atoms with Crippen molar-refractivity contribution in [2.24, 2.45) is 0 Å². The van der Waals surface area contributed by atoms with Crippen LogP contribution in [-0.2, 0) is 17.8 Å². The SMILES string of the molecule is O=C1Cc2cc(-c3csc(CNC(=O)c4ccccc4Cl)n3)ccc2N1. The number of anilines is 1. The first-order chi connectivity index (χ1) is 12.6. The van der Waals surface area contributed by atoms with Gasteiger partial charge in [0.1, 0.15) is 5.01 Å². The van der Waals surface area contributed by atoms with Crippen LogP contribution in [-0.4, -0.2) is 16.8 Å². The molecule has 0 aliphatic carbocycles. The summed E-state index contributed by atoms with van der Waals surface area (Å²) in [5, 5.41) is 8.83. The smallest absolute Gasteiger partial charge is 0.253 e. The van der Waals surface area contributed by atoms with Gasteiger partial charge in [0.05, 0.1) is 29.2 Å². The van der Waals surface area contributed by atoms with E-state index in [1.54, 1.807) is 24.3 Å². The largest absolute Gasteiger partial charge is 0.345 e. The fourth-order valence-corrected chi connectivity index (χ4v) is 3.77. The van der Waals surface area contributed by atoms with E-state index in [2.05, 4.69) is 15.6 Å². The summed E-state index contributed by atoms with van der Waals surface area (Å²) < 4.78 is 0. The zero-order valence-electron chi connectivity index (χ0n) is 13.6. The van der Waals surface area contributed by atoms with Crippen molar-refractivity contribution < 1.29 is 9.59 Å². The zero-order chi connectivity index (χ0) is 18.1. The molecular weight excluding hydrogens is 370 g/mol. The fourth-order valence-electron chi connectivity index (χ4n) is 2.81. The summed E-state index contributed by atoms with van der Waals surface area (Å²) in [7, 11) is 0. The Morgan fingerprint density at radius 3 is 2.96 bits per heavy atom. The van der Waals surface area contributed by atoms with Gasteiger partial charge in [0.25, 0.3) is 5.91 Å². The molecule has 5 nitrogen and oxygen atoms in total. The number of benzene rings is 2. The van der Waals surface area contributed by atoms with Crippen molar-refractivity contribution in [3.63, 3.8) is 0 Å². The molecule has 0 spiro atoms. The van der Waals surface area contributed by atoms with Crippen LogP contribution in [0.5, 0.6) is 0 Å². The number of aromatic nitrogens is 1. The highest BCUT2D eigenvalue weighted by atomic mass is 35.5. The van der Waals surface area contributed by atoms with Crippen LogP contribution in [0.3, 0.4) is 0 Å². The molecule has 2 amide bonds. The first-order valence-electron chi connectivity index (χ1n) is 8.00. The van der Waals surface area contributed by atoms with Gasteiger partial charge in [-0.3, -0.25) is 9.59 Å². The van der Waals surface area contributed by atoms with Gasteiger partial charge in [-0.05, 0) is 29.8 Å². The van der Waals surface area contributed by atoms with E-state index < -0.39 is 0 Å². The lowest BCUT2D eigenvalue weighted by Gasteiger charge is -2.05. The molecule has 0 saturated carbocycles. The van der Waals surface area contributed by atoms with Crippen LogP contribution in [0.1, 0.15) is 20.9 Å². The van der Waals surface area contributed by atoms with Crippen LogP contribution in [0.15, 0.2) is 47.8 Å². The molecule has 130 valence electrons. The van der Waals surface area contributed by atoms with Crippen molar-refractivity contribution in [2.75, 3.05) is 5.32 Å². The maximum Gasteiger partial charge on any atom is 0.253 e. The third-order valence-corrected chi connectivity index (χ3v) is 5.27. The highest BCUT2D eigenvalue weighted by Gasteiger charge is 2.18. The minimum Gasteiger partial charge on any atom is -0.345 e. The average Bonchev–Trinajstić information content (AvgIpc) is 3.24. The lowest BCUT2D eigenvalue weighted by molar-refractivity contribution is -0.115. The first kappa shape index (κ1) is 16.8. The van der Waals surface area contributed by atoms with Crippen LogP contribution in [0.2, 0.25) is 5.02 Å². The molecule has 1 aromatic heterocycles.